The molecule has 0 aromatic carbocycles. The third-order valence-electron chi connectivity index (χ3n) is 3.14. The van der Waals surface area contributed by atoms with Gasteiger partial charge in [-0.05, 0) is 11.6 Å². The van der Waals surface area contributed by atoms with Crippen LogP contribution >= 0.6 is 0 Å². The first-order valence-electron chi connectivity index (χ1n) is 6.01. The molecule has 0 radical (unpaired) electrons. The van der Waals surface area contributed by atoms with E-state index in [0.717, 1.165) is 29.8 Å². The molecule has 0 saturated heterocycles. The van der Waals surface area contributed by atoms with Gasteiger partial charge in [0.15, 0.2) is 0 Å². The van der Waals surface area contributed by atoms with Crippen LogP contribution in [0.3, 0.4) is 0 Å². The Morgan fingerprint density at radius 1 is 1.44 bits per heavy atom. The van der Waals surface area contributed by atoms with Crippen LogP contribution in [-0.4, -0.2) is 21.1 Å². The molecule has 3 heterocycles. The highest BCUT2D eigenvalue weighted by Crippen LogP contribution is 2.06. The van der Waals surface area contributed by atoms with Crippen molar-refractivity contribution in [3.63, 3.8) is 0 Å². The van der Waals surface area contributed by atoms with Gasteiger partial charge in [-0.15, -0.1) is 0 Å². The first-order valence-corrected chi connectivity index (χ1v) is 6.01. The molecule has 2 aromatic rings. The van der Waals surface area contributed by atoms with E-state index < -0.39 is 0 Å². The molecule has 0 atom stereocenters. The van der Waals surface area contributed by atoms with Crippen LogP contribution in [0.4, 0.5) is 0 Å². The van der Waals surface area contributed by atoms with Gasteiger partial charge in [-0.1, -0.05) is 6.07 Å². The van der Waals surface area contributed by atoms with Gasteiger partial charge in [0.25, 0.3) is 5.56 Å². The minimum Gasteiger partial charge on any atom is -0.312 e. The fraction of sp³-hybridized carbons (Fsp3) is 0.308. The SMILES string of the molecule is O=c1c2c(ncn1Cc1cccnc1)CCNC2. The van der Waals surface area contributed by atoms with Crippen LogP contribution < -0.4 is 10.9 Å². The molecule has 0 spiro atoms. The van der Waals surface area contributed by atoms with E-state index in [2.05, 4.69) is 15.3 Å². The van der Waals surface area contributed by atoms with Crippen LogP contribution in [0.25, 0.3) is 0 Å². The van der Waals surface area contributed by atoms with Gasteiger partial charge >= 0.3 is 0 Å². The number of aromatic nitrogens is 3. The lowest BCUT2D eigenvalue weighted by Crippen LogP contribution is -2.34. The average molecular weight is 242 g/mol. The Kier molecular flexibility index (Phi) is 2.90. The van der Waals surface area contributed by atoms with Gasteiger partial charge < -0.3 is 5.32 Å². The minimum atomic E-state index is 0.0519. The van der Waals surface area contributed by atoms with E-state index in [9.17, 15) is 4.79 Å². The Balaban J connectivity index is 1.96. The second kappa shape index (κ2) is 4.70. The van der Waals surface area contributed by atoms with Gasteiger partial charge in [-0.2, -0.15) is 0 Å². The van der Waals surface area contributed by atoms with Crippen molar-refractivity contribution in [3.8, 4) is 0 Å². The third kappa shape index (κ3) is 2.04. The summed E-state index contributed by atoms with van der Waals surface area (Å²) >= 11 is 0. The lowest BCUT2D eigenvalue weighted by Gasteiger charge is -2.16. The van der Waals surface area contributed by atoms with E-state index in [0.29, 0.717) is 13.1 Å². The number of nitrogens with one attached hydrogen (secondary N) is 1. The van der Waals surface area contributed by atoms with Gasteiger partial charge in [0, 0.05) is 31.9 Å². The highest BCUT2D eigenvalue weighted by molar-refractivity contribution is 5.20. The first kappa shape index (κ1) is 11.1. The van der Waals surface area contributed by atoms with E-state index in [-0.39, 0.29) is 5.56 Å². The van der Waals surface area contributed by atoms with Gasteiger partial charge in [-0.3, -0.25) is 14.3 Å². The molecule has 1 aliphatic heterocycles. The lowest BCUT2D eigenvalue weighted by atomic mass is 10.1. The molecule has 1 N–H and O–H groups in total. The molecule has 5 nitrogen and oxygen atoms in total. The number of fused-ring (bicyclic) bond motifs is 1. The fourth-order valence-electron chi connectivity index (χ4n) is 2.18. The van der Waals surface area contributed by atoms with E-state index in [4.69, 9.17) is 0 Å². The predicted octanol–water partition coefficient (Wildman–Crippen LogP) is 0.332. The van der Waals surface area contributed by atoms with E-state index in [1.165, 1.54) is 0 Å². The average Bonchev–Trinajstić information content (AvgIpc) is 2.43. The maximum Gasteiger partial charge on any atom is 0.258 e. The highest BCUT2D eigenvalue weighted by atomic mass is 16.1. The fourth-order valence-corrected chi connectivity index (χ4v) is 2.18. The molecule has 0 aliphatic carbocycles. The smallest absolute Gasteiger partial charge is 0.258 e. The summed E-state index contributed by atoms with van der Waals surface area (Å²) < 4.78 is 1.64. The summed E-state index contributed by atoms with van der Waals surface area (Å²) in [6.07, 6.45) is 5.96. The highest BCUT2D eigenvalue weighted by Gasteiger charge is 2.15. The summed E-state index contributed by atoms with van der Waals surface area (Å²) in [5, 5.41) is 3.21. The molecule has 0 saturated carbocycles. The normalized spacial score (nSPS) is 14.2. The zero-order valence-electron chi connectivity index (χ0n) is 9.97. The van der Waals surface area contributed by atoms with Crippen LogP contribution in [-0.2, 0) is 19.5 Å². The molecule has 18 heavy (non-hydrogen) atoms. The summed E-state index contributed by atoms with van der Waals surface area (Å²) in [6, 6.07) is 3.82. The molecular formula is C13H14N4O. The topological polar surface area (TPSA) is 59.8 Å². The molecule has 1 aliphatic rings. The van der Waals surface area contributed by atoms with Crippen molar-refractivity contribution in [2.24, 2.45) is 0 Å². The van der Waals surface area contributed by atoms with Crippen molar-refractivity contribution in [2.45, 2.75) is 19.5 Å². The van der Waals surface area contributed by atoms with Crippen molar-refractivity contribution in [2.75, 3.05) is 6.54 Å². The minimum absolute atomic E-state index is 0.0519. The number of rotatable bonds is 2. The van der Waals surface area contributed by atoms with E-state index in [1.807, 2.05) is 12.1 Å². The van der Waals surface area contributed by atoms with Crippen molar-refractivity contribution >= 4 is 0 Å². The van der Waals surface area contributed by atoms with Crippen LogP contribution in [0.1, 0.15) is 16.8 Å². The van der Waals surface area contributed by atoms with Crippen LogP contribution in [0, 0.1) is 0 Å². The Bertz CT molecular complexity index is 606. The molecule has 2 aromatic heterocycles. The molecular weight excluding hydrogens is 228 g/mol. The monoisotopic (exact) mass is 242 g/mol. The zero-order valence-corrected chi connectivity index (χ0v) is 9.97. The van der Waals surface area contributed by atoms with Crippen LogP contribution in [0.5, 0.6) is 0 Å². The second-order valence-corrected chi connectivity index (χ2v) is 4.39. The molecule has 0 amide bonds. The van der Waals surface area contributed by atoms with Gasteiger partial charge in [0.1, 0.15) is 0 Å². The standard InChI is InChI=1S/C13H14N4O/c18-13-11-7-15-5-3-12(11)16-9-17(13)8-10-2-1-4-14-6-10/h1-2,4,6,9,15H,3,5,7-8H2. The summed E-state index contributed by atoms with van der Waals surface area (Å²) in [4.78, 5) is 20.7. The van der Waals surface area contributed by atoms with Crippen LogP contribution in [0.15, 0.2) is 35.6 Å². The van der Waals surface area contributed by atoms with Gasteiger partial charge in [0.2, 0.25) is 0 Å². The Morgan fingerprint density at radius 3 is 3.22 bits per heavy atom. The third-order valence-corrected chi connectivity index (χ3v) is 3.14. The first-order chi connectivity index (χ1) is 8.84. The Hall–Kier alpha value is -2.01. The Labute approximate surface area is 105 Å². The maximum atomic E-state index is 12.3. The van der Waals surface area contributed by atoms with Crippen molar-refractivity contribution in [1.29, 1.82) is 0 Å². The summed E-state index contributed by atoms with van der Waals surface area (Å²) in [7, 11) is 0. The van der Waals surface area contributed by atoms with Gasteiger partial charge in [-0.25, -0.2) is 4.98 Å². The number of hydrogen-bond acceptors (Lipinski definition) is 4. The second-order valence-electron chi connectivity index (χ2n) is 4.39. The van der Waals surface area contributed by atoms with Crippen molar-refractivity contribution in [3.05, 3.63) is 58.0 Å². The quantitative estimate of drug-likeness (QED) is 0.824. The number of hydrogen-bond donors (Lipinski definition) is 1. The predicted molar refractivity (Wildman–Crippen MR) is 67.2 cm³/mol. The molecule has 92 valence electrons. The van der Waals surface area contributed by atoms with Gasteiger partial charge in [0.05, 0.1) is 24.1 Å². The largest absolute Gasteiger partial charge is 0.312 e. The van der Waals surface area contributed by atoms with E-state index >= 15 is 0 Å². The molecule has 3 rings (SSSR count). The zero-order chi connectivity index (χ0) is 12.4. The maximum absolute atomic E-state index is 12.3. The number of nitrogens with zero attached hydrogens (tertiary/aromatic N) is 3. The molecule has 0 unspecified atom stereocenters. The number of pyridine rings is 1. The lowest BCUT2D eigenvalue weighted by molar-refractivity contribution is 0.596. The summed E-state index contributed by atoms with van der Waals surface area (Å²) in [5.74, 6) is 0. The Morgan fingerprint density at radius 2 is 2.39 bits per heavy atom. The summed E-state index contributed by atoms with van der Waals surface area (Å²) in [6.45, 7) is 2.04. The van der Waals surface area contributed by atoms with Crippen molar-refractivity contribution < 1.29 is 0 Å². The molecule has 5 heteroatoms. The van der Waals surface area contributed by atoms with E-state index in [1.54, 1.807) is 23.3 Å². The summed E-state index contributed by atoms with van der Waals surface area (Å²) in [5.41, 5.74) is 2.79. The molecule has 0 bridgehead atoms. The molecule has 0 fully saturated rings. The van der Waals surface area contributed by atoms with Crippen molar-refractivity contribution in [1.82, 2.24) is 19.9 Å². The van der Waals surface area contributed by atoms with Crippen LogP contribution in [0.2, 0.25) is 0 Å².